The van der Waals surface area contributed by atoms with E-state index in [0.29, 0.717) is 49.7 Å². The molecule has 37 heavy (non-hydrogen) atoms. The van der Waals surface area contributed by atoms with E-state index in [1.54, 1.807) is 30.0 Å². The molecule has 1 aromatic rings. The van der Waals surface area contributed by atoms with Crippen molar-refractivity contribution in [3.05, 3.63) is 23.8 Å². The Hall–Kier alpha value is -2.25. The summed E-state index contributed by atoms with van der Waals surface area (Å²) in [6.45, 7) is 7.49. The summed E-state index contributed by atoms with van der Waals surface area (Å²) < 4.78 is 37.0. The van der Waals surface area contributed by atoms with Crippen molar-refractivity contribution in [3.8, 4) is 5.75 Å². The number of hydrogen-bond donors (Lipinski definition) is 2. The van der Waals surface area contributed by atoms with Crippen LogP contribution in [0.15, 0.2) is 18.2 Å². The maximum Gasteiger partial charge on any atom is 0.227 e. The molecule has 2 amide bonds. The second kappa shape index (κ2) is 13.0. The molecule has 2 N–H and O–H groups in total. The Morgan fingerprint density at radius 3 is 2.65 bits per heavy atom. The van der Waals surface area contributed by atoms with Gasteiger partial charge in [-0.05, 0) is 25.1 Å². The molecule has 208 valence electrons. The van der Waals surface area contributed by atoms with Gasteiger partial charge >= 0.3 is 0 Å². The van der Waals surface area contributed by atoms with Crippen LogP contribution < -0.4 is 10.1 Å². The summed E-state index contributed by atoms with van der Waals surface area (Å²) in [5, 5.41) is 12.7. The summed E-state index contributed by atoms with van der Waals surface area (Å²) in [4.78, 5) is 29.7. The van der Waals surface area contributed by atoms with Gasteiger partial charge in [0, 0.05) is 56.8 Å². The van der Waals surface area contributed by atoms with Gasteiger partial charge in [0.2, 0.25) is 21.8 Å². The minimum Gasteiger partial charge on any atom is -0.488 e. The Bertz CT molecular complexity index is 1050. The number of carbonyl (C=O) groups excluding carboxylic acids is 2. The third kappa shape index (κ3) is 8.37. The van der Waals surface area contributed by atoms with E-state index in [0.717, 1.165) is 19.3 Å². The third-order valence-electron chi connectivity index (χ3n) is 6.96. The van der Waals surface area contributed by atoms with Gasteiger partial charge in [-0.3, -0.25) is 14.5 Å². The largest absolute Gasteiger partial charge is 0.488 e. The third-order valence-corrected chi connectivity index (χ3v) is 8.24. The van der Waals surface area contributed by atoms with Gasteiger partial charge in [0.25, 0.3) is 0 Å². The fourth-order valence-electron chi connectivity index (χ4n) is 4.42. The van der Waals surface area contributed by atoms with Crippen LogP contribution in [0.2, 0.25) is 0 Å². The number of nitrogens with zero attached hydrogens (tertiary/aromatic N) is 3. The molecule has 1 aromatic carbocycles. The molecule has 12 heteroatoms. The average molecular weight is 541 g/mol. The number of morpholine rings is 1. The molecule has 0 saturated carbocycles. The van der Waals surface area contributed by atoms with Crippen molar-refractivity contribution in [2.24, 2.45) is 5.92 Å². The number of aliphatic hydroxyl groups is 1. The summed E-state index contributed by atoms with van der Waals surface area (Å²) in [6, 6.07) is 4.76. The van der Waals surface area contributed by atoms with Crippen LogP contribution >= 0.6 is 0 Å². The zero-order chi connectivity index (χ0) is 27.2. The lowest BCUT2D eigenvalue weighted by Crippen LogP contribution is -2.48. The molecule has 0 aliphatic carbocycles. The number of ether oxygens (including phenoxy) is 2. The van der Waals surface area contributed by atoms with Gasteiger partial charge in [-0.15, -0.1) is 0 Å². The van der Waals surface area contributed by atoms with Gasteiger partial charge < -0.3 is 24.8 Å². The smallest absolute Gasteiger partial charge is 0.227 e. The number of likely N-dealkylation sites (N-methyl/N-ethyl adjacent to an activating group) is 1. The normalized spacial score (nSPS) is 22.4. The minimum atomic E-state index is -3.44. The topological polar surface area (TPSA) is 129 Å². The molecule has 1 saturated heterocycles. The van der Waals surface area contributed by atoms with E-state index in [1.165, 1.54) is 11.4 Å². The van der Waals surface area contributed by atoms with E-state index in [2.05, 4.69) is 10.2 Å². The van der Waals surface area contributed by atoms with Gasteiger partial charge in [-0.25, -0.2) is 12.7 Å². The highest BCUT2D eigenvalue weighted by Crippen LogP contribution is 2.29. The second-order valence-electron chi connectivity index (χ2n) is 10.0. The number of aliphatic hydroxyl groups excluding tert-OH is 1. The zero-order valence-electron chi connectivity index (χ0n) is 22.2. The first kappa shape index (κ1) is 29.3. The van der Waals surface area contributed by atoms with Crippen LogP contribution in [0.3, 0.4) is 0 Å². The van der Waals surface area contributed by atoms with Crippen LogP contribution in [0.1, 0.15) is 25.8 Å². The predicted octanol–water partition coefficient (Wildman–Crippen LogP) is 0.388. The quantitative estimate of drug-likeness (QED) is 0.460. The van der Waals surface area contributed by atoms with Crippen LogP contribution in [0.25, 0.3) is 0 Å². The highest BCUT2D eigenvalue weighted by atomic mass is 32.2. The first-order chi connectivity index (χ1) is 17.5. The van der Waals surface area contributed by atoms with Crippen molar-refractivity contribution in [3.63, 3.8) is 0 Å². The molecule has 0 aromatic heterocycles. The Labute approximate surface area is 219 Å². The van der Waals surface area contributed by atoms with Crippen LogP contribution in [0.5, 0.6) is 5.75 Å². The van der Waals surface area contributed by atoms with Gasteiger partial charge in [0.1, 0.15) is 11.9 Å². The van der Waals surface area contributed by atoms with Gasteiger partial charge in [0.05, 0.1) is 45.1 Å². The molecule has 0 spiro atoms. The Balaban J connectivity index is 1.81. The molecule has 3 atom stereocenters. The molecule has 0 radical (unpaired) electrons. The first-order valence-corrected chi connectivity index (χ1v) is 14.5. The number of amides is 2. The number of rotatable bonds is 9. The number of benzene rings is 1. The Morgan fingerprint density at radius 2 is 2.00 bits per heavy atom. The lowest BCUT2D eigenvalue weighted by atomic mass is 10.0. The molecule has 2 aliphatic heterocycles. The van der Waals surface area contributed by atoms with Crippen LogP contribution in [-0.2, 0) is 30.8 Å². The highest BCUT2D eigenvalue weighted by molar-refractivity contribution is 7.88. The monoisotopic (exact) mass is 540 g/mol. The number of hydrogen-bond acceptors (Lipinski definition) is 8. The molecule has 1 fully saturated rings. The molecule has 2 aliphatic rings. The number of carbonyl (C=O) groups is 2. The molecule has 2 heterocycles. The number of fused-ring (bicyclic) bond motifs is 1. The van der Waals surface area contributed by atoms with Gasteiger partial charge in [-0.2, -0.15) is 0 Å². The van der Waals surface area contributed by atoms with E-state index >= 15 is 0 Å². The van der Waals surface area contributed by atoms with E-state index in [1.807, 2.05) is 6.92 Å². The van der Waals surface area contributed by atoms with Gasteiger partial charge in [-0.1, -0.05) is 6.92 Å². The summed E-state index contributed by atoms with van der Waals surface area (Å²) in [5.41, 5.74) is 1.15. The minimum absolute atomic E-state index is 0.0263. The maximum atomic E-state index is 13.3. The molecular weight excluding hydrogens is 500 g/mol. The summed E-state index contributed by atoms with van der Waals surface area (Å²) in [6.07, 6.45) is 0.967. The van der Waals surface area contributed by atoms with E-state index < -0.39 is 22.2 Å². The van der Waals surface area contributed by atoms with Crippen molar-refractivity contribution in [1.82, 2.24) is 14.1 Å². The zero-order valence-corrected chi connectivity index (χ0v) is 23.0. The van der Waals surface area contributed by atoms with E-state index in [-0.39, 0.29) is 37.3 Å². The van der Waals surface area contributed by atoms with Crippen LogP contribution in [-0.4, -0.2) is 117 Å². The highest BCUT2D eigenvalue weighted by Gasteiger charge is 2.32. The van der Waals surface area contributed by atoms with Crippen molar-refractivity contribution in [2.75, 3.05) is 71.2 Å². The van der Waals surface area contributed by atoms with Crippen LogP contribution in [0, 0.1) is 5.92 Å². The Kier molecular flexibility index (Phi) is 10.3. The van der Waals surface area contributed by atoms with Gasteiger partial charge in [0.15, 0.2) is 0 Å². The molecule has 0 bridgehead atoms. The predicted molar refractivity (Wildman–Crippen MR) is 140 cm³/mol. The van der Waals surface area contributed by atoms with E-state index in [9.17, 15) is 23.1 Å². The molecule has 0 unspecified atom stereocenters. The number of nitrogens with one attached hydrogen (secondary N) is 1. The maximum absolute atomic E-state index is 13.3. The lowest BCUT2D eigenvalue weighted by Gasteiger charge is -2.33. The standard InChI is InChI=1S/C25H40N4O7S/c1-18-15-29(19(2)17-30)25(32)14-20-13-21(26-24(31)7-8-28-9-11-35-12-10-28)5-6-22(20)36-23(18)16-27(3)37(4,33)34/h5-6,13,18-19,23,30H,7-12,14-17H2,1-4H3,(H,26,31)/t18-,19+,23+/m1/s1. The van der Waals surface area contributed by atoms with Crippen molar-refractivity contribution < 1.29 is 32.6 Å². The molecular formula is C25H40N4O7S. The van der Waals surface area contributed by atoms with E-state index in [4.69, 9.17) is 9.47 Å². The van der Waals surface area contributed by atoms with Crippen molar-refractivity contribution in [1.29, 1.82) is 0 Å². The fraction of sp³-hybridized carbons (Fsp3) is 0.680. The number of sulfonamides is 1. The SMILES string of the molecule is C[C@@H]1CN([C@@H](C)CO)C(=O)Cc2cc(NC(=O)CCN3CCOCC3)ccc2O[C@H]1CN(C)S(C)(=O)=O. The lowest BCUT2D eigenvalue weighted by molar-refractivity contribution is -0.134. The summed E-state index contributed by atoms with van der Waals surface area (Å²) in [7, 11) is -1.94. The van der Waals surface area contributed by atoms with Crippen LogP contribution in [0.4, 0.5) is 5.69 Å². The first-order valence-electron chi connectivity index (χ1n) is 12.7. The Morgan fingerprint density at radius 1 is 1.30 bits per heavy atom. The molecule has 3 rings (SSSR count). The second-order valence-corrected chi connectivity index (χ2v) is 12.1. The summed E-state index contributed by atoms with van der Waals surface area (Å²) in [5.74, 6) is -0.0469. The number of anilines is 1. The summed E-state index contributed by atoms with van der Waals surface area (Å²) >= 11 is 0. The fourth-order valence-corrected chi connectivity index (χ4v) is 4.84. The van der Waals surface area contributed by atoms with Crippen molar-refractivity contribution >= 4 is 27.5 Å². The van der Waals surface area contributed by atoms with Crippen molar-refractivity contribution in [2.45, 2.75) is 38.8 Å². The average Bonchev–Trinajstić information content (AvgIpc) is 2.90. The molecule has 11 nitrogen and oxygen atoms in total.